The van der Waals surface area contributed by atoms with E-state index in [1.807, 2.05) is 60.7 Å². The van der Waals surface area contributed by atoms with Gasteiger partial charge in [-0.1, -0.05) is 146 Å². The minimum Gasteiger partial charge on any atom is -0.309 e. The van der Waals surface area contributed by atoms with Crippen LogP contribution in [0.3, 0.4) is 0 Å². The van der Waals surface area contributed by atoms with Crippen molar-refractivity contribution in [1.29, 1.82) is 0 Å². The van der Waals surface area contributed by atoms with Gasteiger partial charge in [-0.2, -0.15) is 0 Å². The van der Waals surface area contributed by atoms with E-state index < -0.39 is 0 Å². The van der Waals surface area contributed by atoms with Crippen molar-refractivity contribution in [2.24, 2.45) is 0 Å². The molecule has 10 rings (SSSR count). The van der Waals surface area contributed by atoms with Gasteiger partial charge >= 0.3 is 0 Å². The van der Waals surface area contributed by atoms with E-state index in [0.717, 1.165) is 55.4 Å². The van der Waals surface area contributed by atoms with Gasteiger partial charge in [0, 0.05) is 49.5 Å². The lowest BCUT2D eigenvalue weighted by Gasteiger charge is -2.13. The van der Waals surface area contributed by atoms with Crippen molar-refractivity contribution in [2.75, 3.05) is 0 Å². The predicted octanol–water partition coefficient (Wildman–Crippen LogP) is 11.3. The lowest BCUT2D eigenvalue weighted by atomic mass is 9.95. The second-order valence-corrected chi connectivity index (χ2v) is 12.7. The van der Waals surface area contributed by atoms with E-state index in [4.69, 9.17) is 19.9 Å². The first-order chi connectivity index (χ1) is 25.3. The fraction of sp³-hybridized carbons (Fsp3) is 0. The van der Waals surface area contributed by atoms with E-state index in [-0.39, 0.29) is 0 Å². The number of para-hydroxylation sites is 3. The molecular formula is C46H29N5. The smallest absolute Gasteiger partial charge is 0.164 e. The van der Waals surface area contributed by atoms with Gasteiger partial charge in [0.1, 0.15) is 0 Å². The lowest BCUT2D eigenvalue weighted by Crippen LogP contribution is -2.00. The van der Waals surface area contributed by atoms with Crippen molar-refractivity contribution < 1.29 is 0 Å². The minimum absolute atomic E-state index is 0.624. The quantitative estimate of drug-likeness (QED) is 0.174. The van der Waals surface area contributed by atoms with Gasteiger partial charge in [-0.15, -0.1) is 0 Å². The Morgan fingerprint density at radius 1 is 0.314 bits per heavy atom. The Hall–Kier alpha value is -6.98. The molecule has 0 N–H and O–H groups in total. The third-order valence-electron chi connectivity index (χ3n) is 9.63. The molecule has 0 saturated carbocycles. The highest BCUT2D eigenvalue weighted by atomic mass is 15.0. The zero-order chi connectivity index (χ0) is 33.7. The van der Waals surface area contributed by atoms with E-state index in [1.165, 1.54) is 21.7 Å². The van der Waals surface area contributed by atoms with Crippen molar-refractivity contribution in [2.45, 2.75) is 0 Å². The first-order valence-corrected chi connectivity index (χ1v) is 17.1. The van der Waals surface area contributed by atoms with Crippen LogP contribution in [-0.2, 0) is 0 Å². The number of benzene rings is 7. The van der Waals surface area contributed by atoms with Gasteiger partial charge in [-0.25, -0.2) is 19.9 Å². The summed E-state index contributed by atoms with van der Waals surface area (Å²) in [5.74, 6) is 1.91. The summed E-state index contributed by atoms with van der Waals surface area (Å²) < 4.78 is 2.36. The molecule has 0 bridgehead atoms. The maximum absolute atomic E-state index is 5.37. The van der Waals surface area contributed by atoms with Crippen LogP contribution in [0.5, 0.6) is 0 Å². The van der Waals surface area contributed by atoms with Crippen LogP contribution in [-0.4, -0.2) is 24.5 Å². The third kappa shape index (κ3) is 4.86. The van der Waals surface area contributed by atoms with Gasteiger partial charge in [0.05, 0.1) is 22.2 Å². The second kappa shape index (κ2) is 11.9. The molecule has 0 aliphatic heterocycles. The summed E-state index contributed by atoms with van der Waals surface area (Å²) in [6.45, 7) is 0. The standard InChI is InChI=1S/C46H29N5/c1-4-14-31(15-5-1)44-48-45(32-16-6-2-7-17-32)50-46(49-44)33-26-24-30(25-27-33)43-42-36(35-20-10-12-22-38(35)47-43)28-29-40-41(42)37-21-11-13-23-39(37)51(40)34-18-8-3-9-19-34/h1-29H. The van der Waals surface area contributed by atoms with Crippen LogP contribution in [0.4, 0.5) is 0 Å². The Bertz CT molecular complexity index is 2820. The molecular weight excluding hydrogens is 623 g/mol. The summed E-state index contributed by atoms with van der Waals surface area (Å²) >= 11 is 0. The van der Waals surface area contributed by atoms with Crippen molar-refractivity contribution in [3.63, 3.8) is 0 Å². The molecule has 0 radical (unpaired) electrons. The fourth-order valence-electron chi connectivity index (χ4n) is 7.29. The van der Waals surface area contributed by atoms with Crippen molar-refractivity contribution in [1.82, 2.24) is 24.5 Å². The summed E-state index contributed by atoms with van der Waals surface area (Å²) in [6.07, 6.45) is 0. The van der Waals surface area contributed by atoms with Crippen LogP contribution in [0.15, 0.2) is 176 Å². The van der Waals surface area contributed by atoms with Crippen LogP contribution in [0.1, 0.15) is 0 Å². The van der Waals surface area contributed by atoms with Crippen molar-refractivity contribution in [3.8, 4) is 51.1 Å². The van der Waals surface area contributed by atoms with Crippen LogP contribution in [0, 0.1) is 0 Å². The molecule has 238 valence electrons. The van der Waals surface area contributed by atoms with Gasteiger partial charge in [0.2, 0.25) is 0 Å². The molecule has 3 heterocycles. The van der Waals surface area contributed by atoms with Crippen LogP contribution >= 0.6 is 0 Å². The molecule has 0 unspecified atom stereocenters. The van der Waals surface area contributed by atoms with Crippen molar-refractivity contribution >= 4 is 43.5 Å². The Morgan fingerprint density at radius 3 is 1.47 bits per heavy atom. The number of hydrogen-bond donors (Lipinski definition) is 0. The molecule has 3 aromatic heterocycles. The second-order valence-electron chi connectivity index (χ2n) is 12.7. The van der Waals surface area contributed by atoms with Gasteiger partial charge in [0.15, 0.2) is 17.5 Å². The summed E-state index contributed by atoms with van der Waals surface area (Å²) in [5.41, 5.74) is 9.18. The van der Waals surface area contributed by atoms with Gasteiger partial charge in [0.25, 0.3) is 0 Å². The van der Waals surface area contributed by atoms with Gasteiger partial charge < -0.3 is 4.57 Å². The molecule has 5 heteroatoms. The molecule has 0 spiro atoms. The Kier molecular flexibility index (Phi) is 6.74. The summed E-state index contributed by atoms with van der Waals surface area (Å²) in [6, 6.07) is 60.9. The summed E-state index contributed by atoms with van der Waals surface area (Å²) in [7, 11) is 0. The van der Waals surface area contributed by atoms with E-state index in [0.29, 0.717) is 17.5 Å². The third-order valence-corrected chi connectivity index (χ3v) is 9.63. The topological polar surface area (TPSA) is 56.5 Å². The molecule has 5 nitrogen and oxygen atoms in total. The molecule has 51 heavy (non-hydrogen) atoms. The average Bonchev–Trinajstić information content (AvgIpc) is 3.56. The van der Waals surface area contributed by atoms with E-state index >= 15 is 0 Å². The number of pyridine rings is 1. The minimum atomic E-state index is 0.624. The first-order valence-electron chi connectivity index (χ1n) is 17.1. The molecule has 0 aliphatic carbocycles. The molecule has 0 saturated heterocycles. The Balaban J connectivity index is 1.20. The number of rotatable bonds is 5. The molecule has 0 atom stereocenters. The highest BCUT2D eigenvalue weighted by molar-refractivity contribution is 6.28. The summed E-state index contributed by atoms with van der Waals surface area (Å²) in [4.78, 5) is 20.2. The molecule has 0 amide bonds. The number of nitrogens with zero attached hydrogens (tertiary/aromatic N) is 5. The number of hydrogen-bond acceptors (Lipinski definition) is 4. The highest BCUT2D eigenvalue weighted by Crippen LogP contribution is 2.42. The molecule has 0 fully saturated rings. The normalized spacial score (nSPS) is 11.5. The van der Waals surface area contributed by atoms with E-state index in [2.05, 4.69) is 120 Å². The van der Waals surface area contributed by atoms with Crippen molar-refractivity contribution in [3.05, 3.63) is 176 Å². The zero-order valence-electron chi connectivity index (χ0n) is 27.5. The van der Waals surface area contributed by atoms with Gasteiger partial charge in [-0.05, 0) is 35.7 Å². The molecule has 0 aliphatic rings. The van der Waals surface area contributed by atoms with E-state index in [1.54, 1.807) is 0 Å². The number of fused-ring (bicyclic) bond motifs is 7. The van der Waals surface area contributed by atoms with Crippen LogP contribution < -0.4 is 0 Å². The van der Waals surface area contributed by atoms with Gasteiger partial charge in [-0.3, -0.25) is 0 Å². The Labute approximate surface area is 294 Å². The largest absolute Gasteiger partial charge is 0.309 e. The average molecular weight is 652 g/mol. The summed E-state index contributed by atoms with van der Waals surface area (Å²) in [5, 5.41) is 5.85. The Morgan fingerprint density at radius 2 is 0.824 bits per heavy atom. The van der Waals surface area contributed by atoms with E-state index in [9.17, 15) is 0 Å². The molecule has 10 aromatic rings. The SMILES string of the molecule is c1ccc(-c2nc(-c3ccccc3)nc(-c3ccc(-c4nc5ccccc5c5ccc6c(c7ccccc7n6-c6ccccc6)c45)cc3)n2)cc1. The monoisotopic (exact) mass is 651 g/mol. The van der Waals surface area contributed by atoms with Crippen LogP contribution in [0.25, 0.3) is 94.6 Å². The highest BCUT2D eigenvalue weighted by Gasteiger charge is 2.20. The van der Waals surface area contributed by atoms with Crippen LogP contribution in [0.2, 0.25) is 0 Å². The lowest BCUT2D eigenvalue weighted by molar-refractivity contribution is 1.07. The maximum Gasteiger partial charge on any atom is 0.164 e. The maximum atomic E-state index is 5.37. The first kappa shape index (κ1) is 29.0. The zero-order valence-corrected chi connectivity index (χ0v) is 27.5. The molecule has 7 aromatic carbocycles. The predicted molar refractivity (Wildman–Crippen MR) is 209 cm³/mol. The fourth-order valence-corrected chi connectivity index (χ4v) is 7.29. The number of aromatic nitrogens is 5.